The molecule has 6 aromatic rings. The van der Waals surface area contributed by atoms with Gasteiger partial charge in [0.15, 0.2) is 0 Å². The highest BCUT2D eigenvalue weighted by molar-refractivity contribution is 7.99. The standard InChI is InChI=1S/C24H27N5OS2.C20H18N4O2S2/c1-13(2)29(3)24(30)14-5-6-17-19(8-14)32-23-21(17)22(26-12-27-23)28-18-7-15-10-25-11-16(15)9-20(18)31-4;1-27-16-6-12-8-21-7-11(12)4-14(16)24-18-17-13-3-2-10(20(25)26)5-15(13)28-19(17)23-9-22-18/h7,9-10,12-14H,5-6,8,11H2,1-4H3,(H,26,27,28);4,6-7,9-10H,2-3,5,8H2,1H3,(H,25,26)(H,22,23,24)/t14-;10-/m00/s1. The van der Waals surface area contributed by atoms with E-state index in [1.165, 1.54) is 37.6 Å². The number of rotatable bonds is 9. The Morgan fingerprint density at radius 3 is 1.70 bits per heavy atom. The number of aromatic nitrogens is 4. The van der Waals surface area contributed by atoms with Gasteiger partial charge in [-0.25, -0.2) is 19.9 Å². The molecule has 0 bridgehead atoms. The lowest BCUT2D eigenvalue weighted by molar-refractivity contribution is -0.142. The number of carbonyl (C=O) groups excluding carboxylic acids is 1. The number of thiophene rings is 2. The van der Waals surface area contributed by atoms with Crippen molar-refractivity contribution in [2.24, 2.45) is 21.8 Å². The third-order valence-electron chi connectivity index (χ3n) is 11.9. The van der Waals surface area contributed by atoms with E-state index in [0.717, 1.165) is 97.6 Å². The summed E-state index contributed by atoms with van der Waals surface area (Å²) in [7, 11) is 1.91. The summed E-state index contributed by atoms with van der Waals surface area (Å²) in [6.45, 7) is 5.62. The highest BCUT2D eigenvalue weighted by Crippen LogP contribution is 2.44. The van der Waals surface area contributed by atoms with Crippen molar-refractivity contribution in [1.82, 2.24) is 24.8 Å². The maximum atomic E-state index is 12.9. The number of nitrogens with one attached hydrogen (secondary N) is 2. The number of nitrogens with zero attached hydrogens (tertiary/aromatic N) is 7. The van der Waals surface area contributed by atoms with E-state index in [1.54, 1.807) is 58.9 Å². The number of fused-ring (bicyclic) bond motifs is 8. The van der Waals surface area contributed by atoms with E-state index < -0.39 is 5.97 Å². The SMILES string of the molecule is CSc1cc2c(cc1Nc1ncnc3sc4c(c13)CC[C@H](C(=O)N(C)C(C)C)C4)C=NC2.CSc1cc2c(cc1Nc1ncnc3sc4c(c13)CC[C@H](C(=O)O)C4)C=NC2. The number of carboxylic acids is 1. The van der Waals surface area contributed by atoms with Gasteiger partial charge < -0.3 is 20.6 Å². The monoisotopic (exact) mass is 875 g/mol. The minimum absolute atomic E-state index is 0.0476. The van der Waals surface area contributed by atoms with Gasteiger partial charge in [-0.2, -0.15) is 0 Å². The number of anilines is 4. The van der Waals surface area contributed by atoms with Crippen LogP contribution in [0.15, 0.2) is 56.7 Å². The van der Waals surface area contributed by atoms with E-state index >= 15 is 0 Å². The second-order valence-corrected chi connectivity index (χ2v) is 19.6. The Bertz CT molecular complexity index is 2740. The second-order valence-electron chi connectivity index (χ2n) is 15.8. The molecule has 6 heterocycles. The molecule has 308 valence electrons. The van der Waals surface area contributed by atoms with E-state index in [0.29, 0.717) is 12.8 Å². The molecule has 0 saturated carbocycles. The van der Waals surface area contributed by atoms with Gasteiger partial charge in [0.05, 0.1) is 41.2 Å². The van der Waals surface area contributed by atoms with E-state index in [-0.39, 0.29) is 23.8 Å². The largest absolute Gasteiger partial charge is 0.481 e. The fourth-order valence-electron chi connectivity index (χ4n) is 8.44. The third-order valence-corrected chi connectivity index (χ3v) is 15.8. The molecular formula is C44H45N9O3S4. The second kappa shape index (κ2) is 16.9. The Morgan fingerprint density at radius 1 is 0.750 bits per heavy atom. The smallest absolute Gasteiger partial charge is 0.306 e. The van der Waals surface area contributed by atoms with Crippen LogP contribution in [-0.2, 0) is 48.4 Å². The van der Waals surface area contributed by atoms with Gasteiger partial charge in [0, 0.05) is 51.0 Å². The number of aliphatic imine (C=N–C) groups is 2. The topological polar surface area (TPSA) is 158 Å². The van der Waals surface area contributed by atoms with E-state index in [4.69, 9.17) is 0 Å². The molecule has 2 aromatic carbocycles. The number of carbonyl (C=O) groups is 2. The predicted molar refractivity (Wildman–Crippen MR) is 247 cm³/mol. The van der Waals surface area contributed by atoms with Gasteiger partial charge in [0.1, 0.15) is 34.0 Å². The van der Waals surface area contributed by atoms with Crippen molar-refractivity contribution < 1.29 is 14.7 Å². The summed E-state index contributed by atoms with van der Waals surface area (Å²) in [4.78, 5) is 59.8. The van der Waals surface area contributed by atoms with Gasteiger partial charge in [-0.05, 0) is 123 Å². The number of carboxylic acid groups (broad SMARTS) is 1. The molecule has 12 nitrogen and oxygen atoms in total. The first-order valence-corrected chi connectivity index (χ1v) is 24.1. The molecule has 2 aliphatic carbocycles. The van der Waals surface area contributed by atoms with Crippen LogP contribution >= 0.6 is 46.2 Å². The highest BCUT2D eigenvalue weighted by Gasteiger charge is 2.32. The summed E-state index contributed by atoms with van der Waals surface area (Å²) in [6.07, 6.45) is 15.8. The van der Waals surface area contributed by atoms with Crippen LogP contribution in [-0.4, -0.2) is 79.8 Å². The average Bonchev–Trinajstić information content (AvgIpc) is 4.07. The van der Waals surface area contributed by atoms with Gasteiger partial charge in [0.2, 0.25) is 5.91 Å². The van der Waals surface area contributed by atoms with Crippen LogP contribution in [0.1, 0.15) is 69.8 Å². The van der Waals surface area contributed by atoms with Gasteiger partial charge >= 0.3 is 5.97 Å². The van der Waals surface area contributed by atoms with Crippen LogP contribution in [0.3, 0.4) is 0 Å². The minimum atomic E-state index is -0.711. The molecule has 2 atom stereocenters. The first-order valence-electron chi connectivity index (χ1n) is 20.1. The van der Waals surface area contributed by atoms with Crippen molar-refractivity contribution in [2.75, 3.05) is 30.2 Å². The van der Waals surface area contributed by atoms with E-state index in [1.807, 2.05) is 24.4 Å². The van der Waals surface area contributed by atoms with Gasteiger partial charge in [-0.15, -0.1) is 46.2 Å². The Kier molecular flexibility index (Phi) is 11.4. The number of amides is 1. The number of thioether (sulfide) groups is 2. The Morgan fingerprint density at radius 2 is 1.23 bits per heavy atom. The molecule has 2 aliphatic heterocycles. The van der Waals surface area contributed by atoms with Crippen molar-refractivity contribution in [3.8, 4) is 0 Å². The zero-order valence-corrected chi connectivity index (χ0v) is 37.3. The predicted octanol–water partition coefficient (Wildman–Crippen LogP) is 9.34. The van der Waals surface area contributed by atoms with Crippen molar-refractivity contribution in [3.63, 3.8) is 0 Å². The van der Waals surface area contributed by atoms with Crippen LogP contribution in [0.5, 0.6) is 0 Å². The number of benzene rings is 2. The Hall–Kier alpha value is -4.90. The summed E-state index contributed by atoms with van der Waals surface area (Å²) in [5, 5.41) is 18.6. The summed E-state index contributed by atoms with van der Waals surface area (Å²) < 4.78 is 0. The molecule has 4 aliphatic rings. The van der Waals surface area contributed by atoms with Crippen LogP contribution in [0.2, 0.25) is 0 Å². The molecular weight excluding hydrogens is 831 g/mol. The zero-order valence-electron chi connectivity index (χ0n) is 34.0. The lowest BCUT2D eigenvalue weighted by Gasteiger charge is -2.29. The summed E-state index contributed by atoms with van der Waals surface area (Å²) >= 11 is 6.72. The van der Waals surface area contributed by atoms with Crippen LogP contribution < -0.4 is 10.6 Å². The number of hydrogen-bond donors (Lipinski definition) is 3. The molecule has 10 rings (SSSR count). The third kappa shape index (κ3) is 7.67. The number of hydrogen-bond acceptors (Lipinski definition) is 14. The first kappa shape index (κ1) is 40.5. The van der Waals surface area contributed by atoms with Gasteiger partial charge in [-0.3, -0.25) is 19.6 Å². The van der Waals surface area contributed by atoms with Crippen molar-refractivity contribution >= 4 is 114 Å². The molecule has 60 heavy (non-hydrogen) atoms. The Labute approximate surface area is 364 Å². The number of aliphatic carboxylic acids is 1. The van der Waals surface area contributed by atoms with Crippen LogP contribution in [0.4, 0.5) is 23.0 Å². The maximum absolute atomic E-state index is 12.9. The van der Waals surface area contributed by atoms with Crippen molar-refractivity contribution in [1.29, 1.82) is 0 Å². The summed E-state index contributed by atoms with van der Waals surface area (Å²) in [5.74, 6) is 0.924. The van der Waals surface area contributed by atoms with Crippen LogP contribution in [0.25, 0.3) is 20.4 Å². The molecule has 0 radical (unpaired) electrons. The maximum Gasteiger partial charge on any atom is 0.306 e. The highest BCUT2D eigenvalue weighted by atomic mass is 32.2. The lowest BCUT2D eigenvalue weighted by atomic mass is 9.86. The first-order chi connectivity index (χ1) is 29.1. The molecule has 0 spiro atoms. The van der Waals surface area contributed by atoms with Crippen molar-refractivity contribution in [2.45, 2.75) is 81.3 Å². The molecule has 0 unspecified atom stereocenters. The summed E-state index contributed by atoms with van der Waals surface area (Å²) in [5.41, 5.74) is 9.39. The average molecular weight is 876 g/mol. The van der Waals surface area contributed by atoms with Gasteiger partial charge in [0.25, 0.3) is 0 Å². The van der Waals surface area contributed by atoms with Crippen LogP contribution in [0, 0.1) is 11.8 Å². The fraction of sp³-hybridized carbons (Fsp3) is 0.364. The minimum Gasteiger partial charge on any atom is -0.481 e. The molecule has 3 N–H and O–H groups in total. The quantitative estimate of drug-likeness (QED) is 0.119. The zero-order chi connectivity index (χ0) is 41.7. The van der Waals surface area contributed by atoms with Gasteiger partial charge in [-0.1, -0.05) is 0 Å². The molecule has 1 amide bonds. The lowest BCUT2D eigenvalue weighted by Crippen LogP contribution is -2.39. The number of aryl methyl sites for hydroxylation is 2. The molecule has 4 aromatic heterocycles. The van der Waals surface area contributed by atoms with E-state index in [2.05, 4.69) is 91.2 Å². The molecule has 0 fully saturated rings. The summed E-state index contributed by atoms with van der Waals surface area (Å²) in [6, 6.07) is 8.93. The molecule has 16 heteroatoms. The molecule has 0 saturated heterocycles. The fourth-order valence-corrected chi connectivity index (χ4v) is 12.2. The van der Waals surface area contributed by atoms with E-state index in [9.17, 15) is 14.7 Å². The normalized spacial score (nSPS) is 17.2. The Balaban J connectivity index is 0.000000155. The van der Waals surface area contributed by atoms with Crippen molar-refractivity contribution in [3.05, 3.63) is 80.1 Å².